The van der Waals surface area contributed by atoms with Crippen molar-refractivity contribution in [3.63, 3.8) is 0 Å². The number of amides is 1. The van der Waals surface area contributed by atoms with E-state index in [4.69, 9.17) is 9.47 Å². The zero-order valence-electron chi connectivity index (χ0n) is 15.5. The number of hydrogen-bond donors (Lipinski definition) is 0. The zero-order chi connectivity index (χ0) is 19.2. The maximum Gasteiger partial charge on any atom is 0.337 e. The normalized spacial score (nSPS) is 16.3. The van der Waals surface area contributed by atoms with Crippen LogP contribution in [0.1, 0.15) is 23.7 Å². The molecule has 27 heavy (non-hydrogen) atoms. The summed E-state index contributed by atoms with van der Waals surface area (Å²) in [5.41, 5.74) is 1.34. The Morgan fingerprint density at radius 1 is 1.04 bits per heavy atom. The van der Waals surface area contributed by atoms with Crippen LogP contribution in [0.3, 0.4) is 0 Å². The van der Waals surface area contributed by atoms with Crippen molar-refractivity contribution in [2.75, 3.05) is 31.8 Å². The van der Waals surface area contributed by atoms with Gasteiger partial charge in [0.2, 0.25) is 5.91 Å². The summed E-state index contributed by atoms with van der Waals surface area (Å²) >= 11 is 0. The lowest BCUT2D eigenvalue weighted by atomic mass is 10.1. The van der Waals surface area contributed by atoms with Gasteiger partial charge in [-0.25, -0.2) is 4.79 Å². The smallest absolute Gasteiger partial charge is 0.337 e. The molecular formula is C21H23NO5. The van der Waals surface area contributed by atoms with Crippen molar-refractivity contribution in [3.8, 4) is 11.5 Å². The summed E-state index contributed by atoms with van der Waals surface area (Å²) in [6.07, 6.45) is 0.452. The largest absolute Gasteiger partial charge is 0.494 e. The molecule has 0 aliphatic carbocycles. The molecule has 1 fully saturated rings. The Morgan fingerprint density at radius 2 is 1.67 bits per heavy atom. The van der Waals surface area contributed by atoms with Crippen LogP contribution in [0.25, 0.3) is 0 Å². The summed E-state index contributed by atoms with van der Waals surface area (Å²) in [5, 5.41) is 0. The van der Waals surface area contributed by atoms with Gasteiger partial charge in [0.05, 0.1) is 25.9 Å². The minimum absolute atomic E-state index is 0.0915. The second-order valence-corrected chi connectivity index (χ2v) is 6.33. The number of methoxy groups -OCH3 is 1. The molecular weight excluding hydrogens is 346 g/mol. The predicted molar refractivity (Wildman–Crippen MR) is 101 cm³/mol. The van der Waals surface area contributed by atoms with Crippen LogP contribution < -0.4 is 14.4 Å². The topological polar surface area (TPSA) is 65.1 Å². The fourth-order valence-corrected chi connectivity index (χ4v) is 3.05. The van der Waals surface area contributed by atoms with E-state index in [0.717, 1.165) is 11.4 Å². The monoisotopic (exact) mass is 369 g/mol. The number of benzene rings is 2. The maximum atomic E-state index is 12.3. The lowest BCUT2D eigenvalue weighted by molar-refractivity contribution is -0.117. The Balaban J connectivity index is 1.55. The van der Waals surface area contributed by atoms with Crippen molar-refractivity contribution in [2.24, 2.45) is 5.92 Å². The van der Waals surface area contributed by atoms with Gasteiger partial charge < -0.3 is 19.1 Å². The van der Waals surface area contributed by atoms with Crippen LogP contribution in [0.5, 0.6) is 11.5 Å². The first-order valence-corrected chi connectivity index (χ1v) is 8.95. The molecule has 1 amide bonds. The molecule has 2 aromatic rings. The third-order valence-electron chi connectivity index (χ3n) is 4.43. The van der Waals surface area contributed by atoms with Gasteiger partial charge in [0, 0.05) is 24.6 Å². The summed E-state index contributed by atoms with van der Waals surface area (Å²) in [6, 6.07) is 14.3. The lowest BCUT2D eigenvalue weighted by Gasteiger charge is -2.17. The average molecular weight is 369 g/mol. The van der Waals surface area contributed by atoms with Crippen LogP contribution in [0.2, 0.25) is 0 Å². The molecule has 3 rings (SSSR count). The van der Waals surface area contributed by atoms with E-state index in [1.165, 1.54) is 7.11 Å². The first kappa shape index (κ1) is 18.8. The molecule has 0 N–H and O–H groups in total. The Hall–Kier alpha value is -3.02. The van der Waals surface area contributed by atoms with Crippen LogP contribution in [-0.4, -0.2) is 38.7 Å². The van der Waals surface area contributed by atoms with E-state index in [2.05, 4.69) is 4.74 Å². The quantitative estimate of drug-likeness (QED) is 0.701. The molecule has 2 aromatic carbocycles. The minimum atomic E-state index is -0.381. The third-order valence-corrected chi connectivity index (χ3v) is 4.43. The molecule has 0 radical (unpaired) electrons. The second-order valence-electron chi connectivity index (χ2n) is 6.33. The predicted octanol–water partition coefficient (Wildman–Crippen LogP) is 3.30. The highest BCUT2D eigenvalue weighted by atomic mass is 16.5. The van der Waals surface area contributed by atoms with Crippen molar-refractivity contribution in [1.29, 1.82) is 0 Å². The Bertz CT molecular complexity index is 785. The summed E-state index contributed by atoms with van der Waals surface area (Å²) in [4.78, 5) is 25.6. The Labute approximate surface area is 158 Å². The SMILES string of the molecule is CCOc1ccc(N2CC(COc3ccc(C(=O)OC)cc3)CC2=O)cc1. The second kappa shape index (κ2) is 8.58. The molecule has 6 nitrogen and oxygen atoms in total. The van der Waals surface area contributed by atoms with Gasteiger partial charge in [0.15, 0.2) is 0 Å². The third kappa shape index (κ3) is 4.58. The molecule has 6 heteroatoms. The zero-order valence-corrected chi connectivity index (χ0v) is 15.5. The number of esters is 1. The molecule has 1 aliphatic heterocycles. The van der Waals surface area contributed by atoms with E-state index in [-0.39, 0.29) is 17.8 Å². The molecule has 1 aliphatic rings. The maximum absolute atomic E-state index is 12.3. The van der Waals surface area contributed by atoms with E-state index >= 15 is 0 Å². The van der Waals surface area contributed by atoms with E-state index in [0.29, 0.717) is 37.5 Å². The van der Waals surface area contributed by atoms with Crippen molar-refractivity contribution in [2.45, 2.75) is 13.3 Å². The van der Waals surface area contributed by atoms with Crippen molar-refractivity contribution < 1.29 is 23.8 Å². The van der Waals surface area contributed by atoms with E-state index in [1.54, 1.807) is 29.2 Å². The molecule has 0 spiro atoms. The number of carbonyl (C=O) groups excluding carboxylic acids is 2. The molecule has 1 heterocycles. The van der Waals surface area contributed by atoms with Crippen LogP contribution >= 0.6 is 0 Å². The fourth-order valence-electron chi connectivity index (χ4n) is 3.05. The van der Waals surface area contributed by atoms with Crippen molar-refractivity contribution in [3.05, 3.63) is 54.1 Å². The Kier molecular flexibility index (Phi) is 5.96. The molecule has 142 valence electrons. The minimum Gasteiger partial charge on any atom is -0.494 e. The number of carbonyl (C=O) groups is 2. The van der Waals surface area contributed by atoms with E-state index < -0.39 is 0 Å². The summed E-state index contributed by atoms with van der Waals surface area (Å²) < 4.78 is 15.9. The first-order chi connectivity index (χ1) is 13.1. The highest BCUT2D eigenvalue weighted by Gasteiger charge is 2.31. The lowest BCUT2D eigenvalue weighted by Crippen LogP contribution is -2.25. The van der Waals surface area contributed by atoms with Gasteiger partial charge in [-0.05, 0) is 55.5 Å². The van der Waals surface area contributed by atoms with Gasteiger partial charge >= 0.3 is 5.97 Å². The standard InChI is InChI=1S/C21H23NO5/c1-3-26-18-10-6-17(7-11-18)22-13-15(12-20(22)23)14-27-19-8-4-16(5-9-19)21(24)25-2/h4-11,15H,3,12-14H2,1-2H3. The number of hydrogen-bond acceptors (Lipinski definition) is 5. The van der Waals surface area contributed by atoms with Gasteiger partial charge in [0.1, 0.15) is 11.5 Å². The van der Waals surface area contributed by atoms with Gasteiger partial charge in [0.25, 0.3) is 0 Å². The molecule has 1 unspecified atom stereocenters. The fraction of sp³-hybridized carbons (Fsp3) is 0.333. The molecule has 1 saturated heterocycles. The van der Waals surface area contributed by atoms with E-state index in [9.17, 15) is 9.59 Å². The molecule has 0 aromatic heterocycles. The molecule has 0 saturated carbocycles. The van der Waals surface area contributed by atoms with Crippen LogP contribution in [0.15, 0.2) is 48.5 Å². The van der Waals surface area contributed by atoms with Crippen molar-refractivity contribution in [1.82, 2.24) is 0 Å². The highest BCUT2D eigenvalue weighted by molar-refractivity contribution is 5.95. The van der Waals surface area contributed by atoms with Gasteiger partial charge in [-0.2, -0.15) is 0 Å². The number of ether oxygens (including phenoxy) is 3. The molecule has 0 bridgehead atoms. The van der Waals surface area contributed by atoms with Gasteiger partial charge in [-0.15, -0.1) is 0 Å². The Morgan fingerprint density at radius 3 is 2.30 bits per heavy atom. The van der Waals surface area contributed by atoms with Gasteiger partial charge in [-0.1, -0.05) is 0 Å². The summed E-state index contributed by atoms with van der Waals surface area (Å²) in [7, 11) is 1.35. The van der Waals surface area contributed by atoms with Crippen molar-refractivity contribution >= 4 is 17.6 Å². The van der Waals surface area contributed by atoms with E-state index in [1.807, 2.05) is 31.2 Å². The number of rotatable bonds is 7. The van der Waals surface area contributed by atoms with Gasteiger partial charge in [-0.3, -0.25) is 4.79 Å². The highest BCUT2D eigenvalue weighted by Crippen LogP contribution is 2.27. The average Bonchev–Trinajstić information content (AvgIpc) is 3.07. The van der Waals surface area contributed by atoms with Crippen LogP contribution in [-0.2, 0) is 9.53 Å². The summed E-state index contributed by atoms with van der Waals surface area (Å²) in [5.74, 6) is 1.28. The molecule has 1 atom stereocenters. The van der Waals surface area contributed by atoms with Crippen LogP contribution in [0, 0.1) is 5.92 Å². The summed E-state index contributed by atoms with van der Waals surface area (Å²) in [6.45, 7) is 3.61. The number of anilines is 1. The first-order valence-electron chi connectivity index (χ1n) is 8.95. The number of nitrogens with zero attached hydrogens (tertiary/aromatic N) is 1. The van der Waals surface area contributed by atoms with Crippen LogP contribution in [0.4, 0.5) is 5.69 Å².